The number of hydrogen-bond donors (Lipinski definition) is 0. The molecule has 0 unspecified atom stereocenters. The van der Waals surface area contributed by atoms with Gasteiger partial charge in [0.25, 0.3) is 0 Å². The van der Waals surface area contributed by atoms with E-state index in [0.717, 1.165) is 17.3 Å². The quantitative estimate of drug-likeness (QED) is 0.750. The normalized spacial score (nSPS) is 10.3. The summed E-state index contributed by atoms with van der Waals surface area (Å²) in [5.41, 5.74) is 1.91. The standard InChI is InChI=1S/C11H10FN3/c1-8(2)9-3-4-11(13-5-9)15-7-10(12)6-14-15/h3-7H,1H2,2H3. The molecular formula is C11H10FN3. The number of allylic oxidation sites excluding steroid dienone is 1. The Labute approximate surface area is 86.9 Å². The second-order valence-electron chi connectivity index (χ2n) is 3.29. The Morgan fingerprint density at radius 2 is 2.20 bits per heavy atom. The van der Waals surface area contributed by atoms with Gasteiger partial charge in [-0.1, -0.05) is 6.58 Å². The molecule has 2 heterocycles. The molecule has 76 valence electrons. The molecule has 4 heteroatoms. The van der Waals surface area contributed by atoms with E-state index in [1.807, 2.05) is 13.0 Å². The van der Waals surface area contributed by atoms with Crippen LogP contribution >= 0.6 is 0 Å². The van der Waals surface area contributed by atoms with Gasteiger partial charge in [-0.25, -0.2) is 14.1 Å². The summed E-state index contributed by atoms with van der Waals surface area (Å²) >= 11 is 0. The summed E-state index contributed by atoms with van der Waals surface area (Å²) in [6.45, 7) is 5.72. The highest BCUT2D eigenvalue weighted by Gasteiger charge is 2.01. The summed E-state index contributed by atoms with van der Waals surface area (Å²) < 4.78 is 14.1. The van der Waals surface area contributed by atoms with Crippen LogP contribution in [0.3, 0.4) is 0 Å². The van der Waals surface area contributed by atoms with Crippen LogP contribution < -0.4 is 0 Å². The van der Waals surface area contributed by atoms with Crippen LogP contribution in [0.4, 0.5) is 4.39 Å². The molecular weight excluding hydrogens is 193 g/mol. The largest absolute Gasteiger partial charge is 0.237 e. The highest BCUT2D eigenvalue weighted by molar-refractivity contribution is 5.60. The van der Waals surface area contributed by atoms with E-state index >= 15 is 0 Å². The average molecular weight is 203 g/mol. The lowest BCUT2D eigenvalue weighted by Gasteiger charge is -2.02. The maximum absolute atomic E-state index is 12.7. The maximum atomic E-state index is 12.7. The van der Waals surface area contributed by atoms with E-state index in [1.165, 1.54) is 10.9 Å². The monoisotopic (exact) mass is 203 g/mol. The van der Waals surface area contributed by atoms with Crippen LogP contribution in [0, 0.1) is 5.82 Å². The maximum Gasteiger partial charge on any atom is 0.161 e. The molecule has 0 aromatic carbocycles. The van der Waals surface area contributed by atoms with Crippen LogP contribution in [0.15, 0.2) is 37.3 Å². The van der Waals surface area contributed by atoms with Gasteiger partial charge < -0.3 is 0 Å². The van der Waals surface area contributed by atoms with Gasteiger partial charge in [-0.05, 0) is 30.2 Å². The van der Waals surface area contributed by atoms with Gasteiger partial charge in [0.15, 0.2) is 11.6 Å². The number of nitrogens with zero attached hydrogens (tertiary/aromatic N) is 3. The predicted molar refractivity (Wildman–Crippen MR) is 56.0 cm³/mol. The minimum absolute atomic E-state index is 0.374. The smallest absolute Gasteiger partial charge is 0.161 e. The van der Waals surface area contributed by atoms with Crippen molar-refractivity contribution in [3.8, 4) is 5.82 Å². The fourth-order valence-corrected chi connectivity index (χ4v) is 1.20. The molecule has 0 fully saturated rings. The minimum atomic E-state index is -0.374. The summed E-state index contributed by atoms with van der Waals surface area (Å²) in [5, 5.41) is 3.82. The molecule has 0 N–H and O–H groups in total. The van der Waals surface area contributed by atoms with Crippen molar-refractivity contribution in [3.63, 3.8) is 0 Å². The molecule has 0 atom stereocenters. The summed E-state index contributed by atoms with van der Waals surface area (Å²) in [4.78, 5) is 4.16. The van der Waals surface area contributed by atoms with E-state index < -0.39 is 0 Å². The Hall–Kier alpha value is -1.97. The number of rotatable bonds is 2. The van der Waals surface area contributed by atoms with E-state index in [-0.39, 0.29) is 5.82 Å². The third kappa shape index (κ3) is 1.93. The first-order chi connectivity index (χ1) is 7.16. The summed E-state index contributed by atoms with van der Waals surface area (Å²) in [7, 11) is 0. The van der Waals surface area contributed by atoms with Gasteiger partial charge >= 0.3 is 0 Å². The lowest BCUT2D eigenvalue weighted by atomic mass is 10.1. The van der Waals surface area contributed by atoms with Crippen molar-refractivity contribution in [1.82, 2.24) is 14.8 Å². The van der Waals surface area contributed by atoms with Crippen LogP contribution in [-0.2, 0) is 0 Å². The van der Waals surface area contributed by atoms with Crippen molar-refractivity contribution in [1.29, 1.82) is 0 Å². The van der Waals surface area contributed by atoms with E-state index in [2.05, 4.69) is 16.7 Å². The number of pyridine rings is 1. The molecule has 0 aliphatic heterocycles. The van der Waals surface area contributed by atoms with Gasteiger partial charge in [0.1, 0.15) is 0 Å². The molecule has 2 aromatic rings. The lowest BCUT2D eigenvalue weighted by Crippen LogP contribution is -1.97. The molecule has 0 radical (unpaired) electrons. The molecule has 0 spiro atoms. The Kier molecular flexibility index (Phi) is 2.33. The molecule has 0 amide bonds. The molecule has 0 bridgehead atoms. The molecule has 2 rings (SSSR count). The fourth-order valence-electron chi connectivity index (χ4n) is 1.20. The minimum Gasteiger partial charge on any atom is -0.237 e. The van der Waals surface area contributed by atoms with Gasteiger partial charge in [-0.2, -0.15) is 5.10 Å². The van der Waals surface area contributed by atoms with Gasteiger partial charge in [-0.3, -0.25) is 0 Å². The van der Waals surface area contributed by atoms with Crippen LogP contribution in [0.1, 0.15) is 12.5 Å². The van der Waals surface area contributed by atoms with Crippen molar-refractivity contribution in [2.75, 3.05) is 0 Å². The van der Waals surface area contributed by atoms with Gasteiger partial charge in [0.2, 0.25) is 0 Å². The van der Waals surface area contributed by atoms with Crippen molar-refractivity contribution in [2.24, 2.45) is 0 Å². The van der Waals surface area contributed by atoms with Crippen molar-refractivity contribution >= 4 is 5.57 Å². The van der Waals surface area contributed by atoms with Gasteiger partial charge in [0, 0.05) is 6.20 Å². The fraction of sp³-hybridized carbons (Fsp3) is 0.0909. The van der Waals surface area contributed by atoms with Crippen LogP contribution in [-0.4, -0.2) is 14.8 Å². The highest BCUT2D eigenvalue weighted by Crippen LogP contribution is 2.11. The molecule has 0 saturated carbocycles. The van der Waals surface area contributed by atoms with E-state index in [9.17, 15) is 4.39 Å². The van der Waals surface area contributed by atoms with Gasteiger partial charge in [0.05, 0.1) is 12.4 Å². The van der Waals surface area contributed by atoms with E-state index in [0.29, 0.717) is 5.82 Å². The second-order valence-corrected chi connectivity index (χ2v) is 3.29. The topological polar surface area (TPSA) is 30.7 Å². The van der Waals surface area contributed by atoms with Crippen molar-refractivity contribution in [3.05, 3.63) is 48.7 Å². The first-order valence-electron chi connectivity index (χ1n) is 4.49. The third-order valence-corrected chi connectivity index (χ3v) is 2.03. The first-order valence-corrected chi connectivity index (χ1v) is 4.49. The Morgan fingerprint density at radius 1 is 1.40 bits per heavy atom. The van der Waals surface area contributed by atoms with Crippen molar-refractivity contribution < 1.29 is 4.39 Å². The van der Waals surface area contributed by atoms with Gasteiger partial charge in [-0.15, -0.1) is 0 Å². The van der Waals surface area contributed by atoms with Crippen LogP contribution in [0.5, 0.6) is 0 Å². The zero-order valence-corrected chi connectivity index (χ0v) is 8.31. The molecule has 0 aliphatic carbocycles. The Morgan fingerprint density at radius 3 is 2.67 bits per heavy atom. The molecule has 3 nitrogen and oxygen atoms in total. The Balaban J connectivity index is 2.35. The van der Waals surface area contributed by atoms with E-state index in [1.54, 1.807) is 12.3 Å². The molecule has 0 aliphatic rings. The number of halogens is 1. The first kappa shape index (κ1) is 9.58. The lowest BCUT2D eigenvalue weighted by molar-refractivity contribution is 0.627. The summed E-state index contributed by atoms with van der Waals surface area (Å²) in [6.07, 6.45) is 4.12. The van der Waals surface area contributed by atoms with Crippen LogP contribution in [0.2, 0.25) is 0 Å². The number of hydrogen-bond acceptors (Lipinski definition) is 2. The Bertz CT molecular complexity index is 485. The molecule has 0 saturated heterocycles. The second kappa shape index (κ2) is 3.65. The molecule has 15 heavy (non-hydrogen) atoms. The average Bonchev–Trinajstić information content (AvgIpc) is 2.65. The summed E-state index contributed by atoms with van der Waals surface area (Å²) in [5.74, 6) is 0.213. The van der Waals surface area contributed by atoms with E-state index in [4.69, 9.17) is 0 Å². The zero-order valence-electron chi connectivity index (χ0n) is 8.31. The highest BCUT2D eigenvalue weighted by atomic mass is 19.1. The summed E-state index contributed by atoms with van der Waals surface area (Å²) in [6, 6.07) is 3.65. The third-order valence-electron chi connectivity index (χ3n) is 2.03. The predicted octanol–water partition coefficient (Wildman–Crippen LogP) is 2.44. The van der Waals surface area contributed by atoms with Crippen LogP contribution in [0.25, 0.3) is 11.4 Å². The molecule has 2 aromatic heterocycles. The SMILES string of the molecule is C=C(C)c1ccc(-n2cc(F)cn2)nc1. The zero-order chi connectivity index (χ0) is 10.8. The number of aromatic nitrogens is 3. The van der Waals surface area contributed by atoms with Crippen molar-refractivity contribution in [2.45, 2.75) is 6.92 Å².